The monoisotopic (exact) mass is 580 g/mol. The molecule has 3 aromatic heterocycles. The van der Waals surface area contributed by atoms with Crippen LogP contribution in [0.25, 0.3) is 16.9 Å². The Morgan fingerprint density at radius 2 is 1.81 bits per heavy atom. The fourth-order valence-corrected chi connectivity index (χ4v) is 5.58. The second kappa shape index (κ2) is 9.71. The number of hydrogen-bond acceptors (Lipinski definition) is 9. The summed E-state index contributed by atoms with van der Waals surface area (Å²) in [5.41, 5.74) is 14.0. The molecule has 2 aliphatic carbocycles. The van der Waals surface area contributed by atoms with Gasteiger partial charge in [0.1, 0.15) is 30.6 Å². The minimum atomic E-state index is -4.54. The second-order valence-electron chi connectivity index (χ2n) is 11.0. The molecule has 5 N–H and O–H groups in total. The Hall–Kier alpha value is -4.14. The average molecular weight is 581 g/mol. The summed E-state index contributed by atoms with van der Waals surface area (Å²) >= 11 is 0. The van der Waals surface area contributed by atoms with Gasteiger partial charge < -0.3 is 16.0 Å². The van der Waals surface area contributed by atoms with E-state index in [0.29, 0.717) is 16.9 Å². The Morgan fingerprint density at radius 3 is 2.43 bits per heavy atom. The normalized spacial score (nSPS) is 21.7. The van der Waals surface area contributed by atoms with E-state index in [1.165, 1.54) is 18.6 Å². The maximum atomic E-state index is 14.8. The summed E-state index contributed by atoms with van der Waals surface area (Å²) in [7, 11) is 0. The molecule has 14 heteroatoms. The van der Waals surface area contributed by atoms with Crippen LogP contribution in [-0.4, -0.2) is 53.7 Å². The predicted molar refractivity (Wildman–Crippen MR) is 146 cm³/mol. The summed E-state index contributed by atoms with van der Waals surface area (Å²) in [5.74, 6) is -0.369. The first-order chi connectivity index (χ1) is 20.1. The van der Waals surface area contributed by atoms with E-state index < -0.39 is 30.0 Å². The molecule has 10 nitrogen and oxygen atoms in total. The van der Waals surface area contributed by atoms with Crippen LogP contribution in [-0.2, 0) is 6.54 Å². The van der Waals surface area contributed by atoms with Gasteiger partial charge in [0, 0.05) is 24.3 Å². The zero-order valence-corrected chi connectivity index (χ0v) is 22.3. The molecule has 2 unspecified atom stereocenters. The maximum Gasteiger partial charge on any atom is 0.406 e. The van der Waals surface area contributed by atoms with Crippen LogP contribution < -0.4 is 21.7 Å². The SMILES string of the molecule is NC1c2nc(-c3cnc(NC4CC4)c(F)c3)ccc2N(Cc2ccc(-n3cncn3)cc2)C(N)N1C1(C(F)(F)F)CC1. The number of aromatic nitrogens is 5. The molecule has 4 aromatic rings. The van der Waals surface area contributed by atoms with E-state index in [4.69, 9.17) is 11.5 Å². The van der Waals surface area contributed by atoms with Gasteiger partial charge in [0.2, 0.25) is 0 Å². The fraction of sp³-hybridized carbons (Fsp3) is 0.357. The minimum Gasteiger partial charge on any atom is -0.365 e. The van der Waals surface area contributed by atoms with Crippen molar-refractivity contribution in [3.8, 4) is 16.9 Å². The summed E-state index contributed by atoms with van der Waals surface area (Å²) < 4.78 is 59.6. The van der Waals surface area contributed by atoms with Gasteiger partial charge in [0.05, 0.1) is 22.8 Å². The van der Waals surface area contributed by atoms with Crippen LogP contribution in [0.4, 0.5) is 29.1 Å². The summed E-state index contributed by atoms with van der Waals surface area (Å²) in [4.78, 5) is 15.6. The third-order valence-electron chi connectivity index (χ3n) is 8.17. The lowest BCUT2D eigenvalue weighted by Crippen LogP contribution is -2.67. The van der Waals surface area contributed by atoms with Gasteiger partial charge >= 0.3 is 6.18 Å². The molecule has 2 atom stereocenters. The van der Waals surface area contributed by atoms with Crippen molar-refractivity contribution in [1.29, 1.82) is 0 Å². The molecule has 3 aliphatic rings. The minimum absolute atomic E-state index is 0.113. The van der Waals surface area contributed by atoms with Gasteiger partial charge in [-0.05, 0) is 61.6 Å². The van der Waals surface area contributed by atoms with Gasteiger partial charge in [-0.1, -0.05) is 12.1 Å². The quantitative estimate of drug-likeness (QED) is 0.278. The summed E-state index contributed by atoms with van der Waals surface area (Å²) in [5, 5.41) is 7.16. The van der Waals surface area contributed by atoms with Crippen molar-refractivity contribution in [3.05, 3.63) is 78.4 Å². The maximum absolute atomic E-state index is 14.8. The standard InChI is InChI=1S/C28H28F4N10/c29-20-11-17(12-36-25(20)38-18-3-4-18)21-7-8-22-23(39-21)24(33)42(27(9-10-27)28(30,31)32)26(34)40(22)13-16-1-5-19(6-2-16)41-15-35-14-37-41/h1-2,5-8,11-12,14-15,18,24,26H,3-4,9-10,13,33-34H2,(H,36,38). The molecular formula is C28H28F4N10. The first-order valence-electron chi connectivity index (χ1n) is 13.6. The van der Waals surface area contributed by atoms with Crippen LogP contribution in [0.2, 0.25) is 0 Å². The Bertz CT molecular complexity index is 1600. The van der Waals surface area contributed by atoms with Gasteiger partial charge in [-0.3, -0.25) is 5.73 Å². The lowest BCUT2D eigenvalue weighted by Gasteiger charge is -2.50. The largest absolute Gasteiger partial charge is 0.406 e. The molecule has 1 aromatic carbocycles. The molecule has 2 fully saturated rings. The zero-order chi connectivity index (χ0) is 29.2. The molecule has 0 radical (unpaired) electrons. The van der Waals surface area contributed by atoms with Gasteiger partial charge in [-0.15, -0.1) is 0 Å². The van der Waals surface area contributed by atoms with Crippen LogP contribution in [0.5, 0.6) is 0 Å². The molecule has 42 heavy (non-hydrogen) atoms. The van der Waals surface area contributed by atoms with Crippen LogP contribution in [0.1, 0.15) is 43.1 Å². The number of pyridine rings is 2. The molecule has 0 saturated heterocycles. The van der Waals surface area contributed by atoms with Crippen LogP contribution in [0.15, 0.2) is 61.3 Å². The third kappa shape index (κ3) is 4.55. The highest BCUT2D eigenvalue weighted by Gasteiger charge is 2.70. The smallest absolute Gasteiger partial charge is 0.365 e. The Morgan fingerprint density at radius 1 is 1.05 bits per heavy atom. The number of hydrogen-bond donors (Lipinski definition) is 3. The molecule has 4 heterocycles. The molecule has 0 spiro atoms. The number of nitrogens with zero attached hydrogens (tertiary/aromatic N) is 7. The average Bonchev–Trinajstić information content (AvgIpc) is 3.90. The van der Waals surface area contributed by atoms with Gasteiger partial charge in [0.25, 0.3) is 0 Å². The van der Waals surface area contributed by atoms with Gasteiger partial charge in [-0.25, -0.2) is 28.9 Å². The summed E-state index contributed by atoms with van der Waals surface area (Å²) in [6, 6.07) is 12.3. The number of anilines is 2. The first kappa shape index (κ1) is 26.7. The molecule has 1 aliphatic heterocycles. The van der Waals surface area contributed by atoms with Crippen LogP contribution in [0, 0.1) is 5.82 Å². The highest BCUT2D eigenvalue weighted by molar-refractivity contribution is 5.66. The summed E-state index contributed by atoms with van der Waals surface area (Å²) in [6.45, 7) is 0.196. The van der Waals surface area contributed by atoms with Crippen molar-refractivity contribution >= 4 is 11.5 Å². The van der Waals surface area contributed by atoms with E-state index in [1.807, 2.05) is 24.3 Å². The fourth-order valence-electron chi connectivity index (χ4n) is 5.58. The van der Waals surface area contributed by atoms with Gasteiger partial charge in [0.15, 0.2) is 11.6 Å². The molecule has 218 valence electrons. The lowest BCUT2D eigenvalue weighted by atomic mass is 10.0. The van der Waals surface area contributed by atoms with Crippen molar-refractivity contribution in [2.24, 2.45) is 11.5 Å². The van der Waals surface area contributed by atoms with Crippen molar-refractivity contribution in [3.63, 3.8) is 0 Å². The Kier molecular flexibility index (Phi) is 6.18. The third-order valence-corrected chi connectivity index (χ3v) is 8.17. The first-order valence-corrected chi connectivity index (χ1v) is 13.6. The van der Waals surface area contributed by atoms with E-state index in [9.17, 15) is 17.6 Å². The highest BCUT2D eigenvalue weighted by atomic mass is 19.4. The van der Waals surface area contributed by atoms with Crippen LogP contribution in [0.3, 0.4) is 0 Å². The Labute approximate surface area is 238 Å². The summed E-state index contributed by atoms with van der Waals surface area (Å²) in [6.07, 6.45) is -0.761. The molecule has 0 amide bonds. The second-order valence-corrected chi connectivity index (χ2v) is 11.0. The lowest BCUT2D eigenvalue weighted by molar-refractivity contribution is -0.211. The number of halogens is 4. The number of fused-ring (bicyclic) bond motifs is 1. The number of benzene rings is 1. The van der Waals surface area contributed by atoms with Gasteiger partial charge in [-0.2, -0.15) is 18.3 Å². The van der Waals surface area contributed by atoms with Crippen molar-refractivity contribution in [1.82, 2.24) is 29.6 Å². The predicted octanol–water partition coefficient (Wildman–Crippen LogP) is 4.05. The van der Waals surface area contributed by atoms with Crippen molar-refractivity contribution in [2.75, 3.05) is 10.2 Å². The Balaban J connectivity index is 1.26. The van der Waals surface area contributed by atoms with Crippen LogP contribution >= 0.6 is 0 Å². The molecule has 7 rings (SSSR count). The van der Waals surface area contributed by atoms with E-state index in [1.54, 1.807) is 28.0 Å². The van der Waals surface area contributed by atoms with E-state index in [-0.39, 0.29) is 36.9 Å². The zero-order valence-electron chi connectivity index (χ0n) is 22.3. The highest BCUT2D eigenvalue weighted by Crippen LogP contribution is 2.57. The molecular weight excluding hydrogens is 552 g/mol. The number of nitrogens with two attached hydrogens (primary N) is 2. The van der Waals surface area contributed by atoms with E-state index >= 15 is 0 Å². The van der Waals surface area contributed by atoms with Crippen molar-refractivity contribution < 1.29 is 17.6 Å². The van der Waals surface area contributed by atoms with Crippen molar-refractivity contribution in [2.45, 2.75) is 62.4 Å². The van der Waals surface area contributed by atoms with E-state index in [2.05, 4.69) is 25.4 Å². The molecule has 0 bridgehead atoms. The number of rotatable bonds is 7. The topological polar surface area (TPSA) is 127 Å². The number of nitrogens with one attached hydrogen (secondary N) is 1. The van der Waals surface area contributed by atoms with E-state index in [0.717, 1.165) is 29.0 Å². The molecule has 2 saturated carbocycles. The number of alkyl halides is 3.